The van der Waals surface area contributed by atoms with Crippen LogP contribution in [0.3, 0.4) is 0 Å². The van der Waals surface area contributed by atoms with Gasteiger partial charge in [-0.2, -0.15) is 4.21 Å². The van der Waals surface area contributed by atoms with Gasteiger partial charge in [0.25, 0.3) is 0 Å². The molecule has 0 rings (SSSR count). The van der Waals surface area contributed by atoms with Crippen molar-refractivity contribution in [1.29, 1.82) is 0 Å². The van der Waals surface area contributed by atoms with E-state index in [1.54, 1.807) is 0 Å². The van der Waals surface area contributed by atoms with Gasteiger partial charge in [-0.1, -0.05) is 19.8 Å². The molecule has 0 amide bonds. The molecule has 0 aliphatic heterocycles. The molecule has 0 radical (unpaired) electrons. The van der Waals surface area contributed by atoms with Crippen molar-refractivity contribution in [3.05, 3.63) is 0 Å². The summed E-state index contributed by atoms with van der Waals surface area (Å²) in [6.07, 6.45) is 2.95. The lowest BCUT2D eigenvalue weighted by molar-refractivity contribution is 0.282. The summed E-state index contributed by atoms with van der Waals surface area (Å²) in [5.41, 5.74) is 0. The third-order valence-corrected chi connectivity index (χ3v) is 2.59. The van der Waals surface area contributed by atoms with E-state index in [0.717, 1.165) is 19.3 Å². The predicted molar refractivity (Wildman–Crippen MR) is 49.2 cm³/mol. The quantitative estimate of drug-likeness (QED) is 0.476. The Bertz CT molecular complexity index is 109. The van der Waals surface area contributed by atoms with Crippen LogP contribution >= 0.6 is 22.6 Å². The van der Waals surface area contributed by atoms with E-state index < -0.39 is 11.4 Å². The van der Waals surface area contributed by atoms with E-state index in [1.165, 1.54) is 0 Å². The van der Waals surface area contributed by atoms with Gasteiger partial charge in [0.2, 0.25) is 0 Å². The molecule has 0 saturated heterocycles. The fourth-order valence-electron chi connectivity index (χ4n) is 0.502. The fraction of sp³-hybridized carbons (Fsp3) is 1.00. The van der Waals surface area contributed by atoms with Gasteiger partial charge in [0, 0.05) is 0 Å². The zero-order valence-electron chi connectivity index (χ0n) is 5.75. The van der Waals surface area contributed by atoms with Crippen LogP contribution in [-0.4, -0.2) is 12.9 Å². The second-order valence-electron chi connectivity index (χ2n) is 1.87. The van der Waals surface area contributed by atoms with Crippen molar-refractivity contribution in [1.82, 2.24) is 0 Å². The number of unbranched alkanes of at least 4 members (excludes halogenated alkanes) is 1. The molecule has 0 fully saturated rings. The van der Waals surface area contributed by atoms with Crippen LogP contribution in [0.2, 0.25) is 0 Å². The summed E-state index contributed by atoms with van der Waals surface area (Å²) < 4.78 is 22.8. The minimum Gasteiger partial charge on any atom is -0.284 e. The zero-order chi connectivity index (χ0) is 7.98. The van der Waals surface area contributed by atoms with Gasteiger partial charge in [0.05, 0.1) is 0 Å². The summed E-state index contributed by atoms with van der Waals surface area (Å²) in [6.45, 7) is 2.07. The lowest BCUT2D eigenvalue weighted by atomic mass is 10.3. The smallest absolute Gasteiger partial charge is 0.284 e. The van der Waals surface area contributed by atoms with E-state index in [4.69, 9.17) is 4.55 Å². The van der Waals surface area contributed by atoms with Gasteiger partial charge >= 0.3 is 11.4 Å². The van der Waals surface area contributed by atoms with E-state index in [2.05, 4.69) is 11.1 Å². The topological polar surface area (TPSA) is 46.5 Å². The number of alkyl halides is 1. The highest BCUT2D eigenvalue weighted by atomic mass is 127. The van der Waals surface area contributed by atoms with E-state index in [-0.39, 0.29) is 4.11 Å². The second kappa shape index (κ2) is 6.51. The Morgan fingerprint density at radius 1 is 1.80 bits per heavy atom. The van der Waals surface area contributed by atoms with Crippen LogP contribution in [-0.2, 0) is 15.5 Å². The summed E-state index contributed by atoms with van der Waals surface area (Å²) in [5.74, 6) is 0. The molecule has 0 aliphatic carbocycles. The van der Waals surface area contributed by atoms with Gasteiger partial charge in [-0.3, -0.25) is 8.74 Å². The average molecular weight is 278 g/mol. The maximum atomic E-state index is 10.1. The largest absolute Gasteiger partial charge is 0.302 e. The number of hydrogen-bond acceptors (Lipinski definition) is 2. The molecule has 62 valence electrons. The predicted octanol–water partition coefficient (Wildman–Crippen LogP) is 2.09. The van der Waals surface area contributed by atoms with Gasteiger partial charge in [-0.25, -0.2) is 0 Å². The average Bonchev–Trinajstić information content (AvgIpc) is 1.82. The first-order valence-corrected chi connectivity index (χ1v) is 5.36. The maximum absolute atomic E-state index is 10.1. The first-order valence-electron chi connectivity index (χ1n) is 3.09. The van der Waals surface area contributed by atoms with Crippen molar-refractivity contribution in [2.24, 2.45) is 0 Å². The third-order valence-electron chi connectivity index (χ3n) is 0.971. The molecule has 0 aromatic carbocycles. The van der Waals surface area contributed by atoms with E-state index in [9.17, 15) is 4.21 Å². The Hall–Kier alpha value is 0.800. The molecule has 0 bridgehead atoms. The first kappa shape index (κ1) is 10.8. The molecule has 3 nitrogen and oxygen atoms in total. The van der Waals surface area contributed by atoms with E-state index >= 15 is 0 Å². The van der Waals surface area contributed by atoms with Gasteiger partial charge in [0.1, 0.15) is 4.11 Å². The van der Waals surface area contributed by atoms with E-state index in [0.29, 0.717) is 0 Å². The van der Waals surface area contributed by atoms with Crippen molar-refractivity contribution in [2.75, 3.05) is 0 Å². The lowest BCUT2D eigenvalue weighted by Crippen LogP contribution is -2.05. The molecule has 2 atom stereocenters. The maximum Gasteiger partial charge on any atom is 0.302 e. The van der Waals surface area contributed by atoms with Crippen LogP contribution in [0.25, 0.3) is 0 Å². The molecule has 0 saturated carbocycles. The van der Waals surface area contributed by atoms with Gasteiger partial charge in [0.15, 0.2) is 0 Å². The Kier molecular flexibility index (Phi) is 7.03. The molecule has 1 N–H and O–H groups in total. The Labute approximate surface area is 77.2 Å². The van der Waals surface area contributed by atoms with Gasteiger partial charge in [-0.05, 0) is 29.0 Å². The van der Waals surface area contributed by atoms with Crippen LogP contribution in [0.4, 0.5) is 0 Å². The first-order chi connectivity index (χ1) is 4.66. The Morgan fingerprint density at radius 2 is 2.40 bits per heavy atom. The molecular weight excluding hydrogens is 267 g/mol. The van der Waals surface area contributed by atoms with Crippen molar-refractivity contribution in [3.63, 3.8) is 0 Å². The summed E-state index contributed by atoms with van der Waals surface area (Å²) in [5, 5.41) is 0. The summed E-state index contributed by atoms with van der Waals surface area (Å²) in [7, 11) is 0. The second-order valence-corrected chi connectivity index (χ2v) is 3.88. The molecule has 0 aliphatic rings. The third kappa shape index (κ3) is 6.91. The van der Waals surface area contributed by atoms with Crippen LogP contribution < -0.4 is 0 Å². The van der Waals surface area contributed by atoms with Crippen molar-refractivity contribution in [2.45, 2.75) is 30.3 Å². The van der Waals surface area contributed by atoms with Crippen molar-refractivity contribution >= 4 is 34.0 Å². The Morgan fingerprint density at radius 3 is 2.80 bits per heavy atom. The number of halogens is 1. The molecule has 0 heterocycles. The van der Waals surface area contributed by atoms with Crippen molar-refractivity contribution < 1.29 is 12.9 Å². The minimum atomic E-state index is -2.11. The van der Waals surface area contributed by atoms with Gasteiger partial charge in [-0.15, -0.1) is 0 Å². The summed E-state index contributed by atoms with van der Waals surface area (Å²) >= 11 is -0.102. The van der Waals surface area contributed by atoms with Crippen LogP contribution in [0.5, 0.6) is 0 Å². The molecule has 5 heteroatoms. The summed E-state index contributed by atoms with van der Waals surface area (Å²) in [4.78, 5) is 0. The van der Waals surface area contributed by atoms with E-state index in [1.807, 2.05) is 22.6 Å². The molecule has 10 heavy (non-hydrogen) atoms. The highest BCUT2D eigenvalue weighted by molar-refractivity contribution is 14.1. The minimum absolute atomic E-state index is 0.136. The number of rotatable bonds is 5. The molecule has 0 aromatic heterocycles. The normalized spacial score (nSPS) is 16.7. The van der Waals surface area contributed by atoms with Crippen LogP contribution in [0.15, 0.2) is 0 Å². The van der Waals surface area contributed by atoms with Crippen LogP contribution in [0.1, 0.15) is 26.2 Å². The highest BCUT2D eigenvalue weighted by Gasteiger charge is 2.05. The zero-order valence-corrected chi connectivity index (χ0v) is 8.72. The SMILES string of the molecule is CCCCC(I)OS(=O)O. The highest BCUT2D eigenvalue weighted by Crippen LogP contribution is 2.12. The standard InChI is InChI=1S/C5H11IO3S/c1-2-3-4-5(6)9-10(7)8/h5H,2-4H2,1H3,(H,7,8). The monoisotopic (exact) mass is 278 g/mol. The lowest BCUT2D eigenvalue weighted by Gasteiger charge is -2.04. The number of hydrogen-bond donors (Lipinski definition) is 1. The Balaban J connectivity index is 3.25. The van der Waals surface area contributed by atoms with Gasteiger partial charge < -0.3 is 0 Å². The summed E-state index contributed by atoms with van der Waals surface area (Å²) in [6, 6.07) is 0. The van der Waals surface area contributed by atoms with Crippen LogP contribution in [0, 0.1) is 0 Å². The fourth-order valence-corrected chi connectivity index (χ4v) is 1.75. The molecule has 2 unspecified atom stereocenters. The molecule has 0 aromatic rings. The molecular formula is C5H11IO3S. The molecule has 0 spiro atoms. The van der Waals surface area contributed by atoms with Crippen molar-refractivity contribution in [3.8, 4) is 0 Å².